The van der Waals surface area contributed by atoms with Gasteiger partial charge in [-0.05, 0) is 31.5 Å². The first-order valence-corrected chi connectivity index (χ1v) is 5.13. The average molecular weight is 233 g/mol. The molecule has 4 heteroatoms. The van der Waals surface area contributed by atoms with Crippen LogP contribution in [0.3, 0.4) is 0 Å². The van der Waals surface area contributed by atoms with Crippen molar-refractivity contribution in [2.75, 3.05) is 6.61 Å². The lowest BCUT2D eigenvalue weighted by Gasteiger charge is -2.14. The maximum Gasteiger partial charge on any atom is 0.141 e. The maximum absolute atomic E-state index is 12.8. The molecule has 0 saturated carbocycles. The van der Waals surface area contributed by atoms with Gasteiger partial charge in [-0.15, -0.1) is 0 Å². The van der Waals surface area contributed by atoms with E-state index in [9.17, 15) is 9.50 Å². The molecule has 1 aromatic rings. The van der Waals surface area contributed by atoms with Crippen molar-refractivity contribution in [3.63, 3.8) is 0 Å². The zero-order valence-corrected chi connectivity index (χ0v) is 9.46. The Kier molecular flexibility index (Phi) is 4.51. The fraction of sp³-hybridized carbons (Fsp3) is 0.455. The van der Waals surface area contributed by atoms with Crippen LogP contribution in [0.1, 0.15) is 25.5 Å². The number of aliphatic hydroxyl groups is 1. The molecule has 0 aromatic heterocycles. The van der Waals surface area contributed by atoms with E-state index in [0.717, 1.165) is 0 Å². The highest BCUT2D eigenvalue weighted by atomic mass is 35.5. The standard InChI is InChI=1S/C11H14ClFO2/c1-7(2)15-6-11(14)8-3-4-10(13)9(12)5-8/h3-5,7,11,14H,6H2,1-2H3. The lowest BCUT2D eigenvalue weighted by atomic mass is 10.1. The van der Waals surface area contributed by atoms with Crippen LogP contribution < -0.4 is 0 Å². The highest BCUT2D eigenvalue weighted by Gasteiger charge is 2.10. The van der Waals surface area contributed by atoms with Gasteiger partial charge in [-0.25, -0.2) is 4.39 Å². The molecule has 0 bridgehead atoms. The number of benzene rings is 1. The van der Waals surface area contributed by atoms with Crippen molar-refractivity contribution in [1.82, 2.24) is 0 Å². The number of aliphatic hydroxyl groups excluding tert-OH is 1. The van der Waals surface area contributed by atoms with Crippen LogP contribution in [0.15, 0.2) is 18.2 Å². The molecule has 1 unspecified atom stereocenters. The fourth-order valence-corrected chi connectivity index (χ4v) is 1.29. The first-order chi connectivity index (χ1) is 7.00. The molecule has 84 valence electrons. The molecule has 0 aliphatic carbocycles. The van der Waals surface area contributed by atoms with Gasteiger partial charge in [0.05, 0.1) is 17.7 Å². The lowest BCUT2D eigenvalue weighted by molar-refractivity contribution is 0.00491. The number of hydrogen-bond acceptors (Lipinski definition) is 2. The minimum atomic E-state index is -0.773. The van der Waals surface area contributed by atoms with Crippen LogP contribution in [-0.4, -0.2) is 17.8 Å². The minimum absolute atomic E-state index is 0.0103. The molecule has 1 aromatic carbocycles. The predicted octanol–water partition coefficient (Wildman–Crippen LogP) is 2.94. The van der Waals surface area contributed by atoms with Crippen LogP contribution in [0.25, 0.3) is 0 Å². The summed E-state index contributed by atoms with van der Waals surface area (Å²) in [7, 11) is 0. The van der Waals surface area contributed by atoms with Gasteiger partial charge in [0, 0.05) is 0 Å². The second-order valence-electron chi connectivity index (χ2n) is 3.57. The van der Waals surface area contributed by atoms with Gasteiger partial charge in [0.25, 0.3) is 0 Å². The third-order valence-corrected chi connectivity index (χ3v) is 2.21. The number of hydrogen-bond donors (Lipinski definition) is 1. The van der Waals surface area contributed by atoms with Gasteiger partial charge in [-0.3, -0.25) is 0 Å². The van der Waals surface area contributed by atoms with E-state index in [1.807, 2.05) is 13.8 Å². The summed E-state index contributed by atoms with van der Waals surface area (Å²) in [6.45, 7) is 3.94. The molecular weight excluding hydrogens is 219 g/mol. The van der Waals surface area contributed by atoms with Crippen LogP contribution in [-0.2, 0) is 4.74 Å². The Hall–Kier alpha value is -0.640. The van der Waals surface area contributed by atoms with E-state index in [0.29, 0.717) is 5.56 Å². The lowest BCUT2D eigenvalue weighted by Crippen LogP contribution is -2.11. The van der Waals surface area contributed by atoms with Crippen LogP contribution in [0, 0.1) is 5.82 Å². The summed E-state index contributed by atoms with van der Waals surface area (Å²) >= 11 is 5.59. The Morgan fingerprint density at radius 3 is 2.67 bits per heavy atom. The second kappa shape index (κ2) is 5.45. The van der Waals surface area contributed by atoms with Gasteiger partial charge in [-0.2, -0.15) is 0 Å². The summed E-state index contributed by atoms with van der Waals surface area (Å²) in [5.41, 5.74) is 0.557. The molecule has 0 amide bonds. The maximum atomic E-state index is 12.8. The van der Waals surface area contributed by atoms with E-state index in [4.69, 9.17) is 16.3 Å². The quantitative estimate of drug-likeness (QED) is 0.865. The first-order valence-electron chi connectivity index (χ1n) is 4.75. The van der Waals surface area contributed by atoms with Crippen LogP contribution in [0.5, 0.6) is 0 Å². The number of halogens is 2. The number of rotatable bonds is 4. The highest BCUT2D eigenvalue weighted by molar-refractivity contribution is 6.30. The number of ether oxygens (including phenoxy) is 1. The first kappa shape index (κ1) is 12.4. The van der Waals surface area contributed by atoms with Crippen molar-refractivity contribution in [2.24, 2.45) is 0 Å². The summed E-state index contributed by atoms with van der Waals surface area (Å²) in [6.07, 6.45) is -0.721. The molecule has 1 N–H and O–H groups in total. The topological polar surface area (TPSA) is 29.5 Å². The summed E-state index contributed by atoms with van der Waals surface area (Å²) in [6, 6.07) is 4.14. The van der Waals surface area contributed by atoms with E-state index in [-0.39, 0.29) is 17.7 Å². The van der Waals surface area contributed by atoms with E-state index in [1.165, 1.54) is 18.2 Å². The zero-order valence-electron chi connectivity index (χ0n) is 8.71. The zero-order chi connectivity index (χ0) is 11.4. The summed E-state index contributed by atoms with van der Waals surface area (Å²) in [4.78, 5) is 0. The molecule has 15 heavy (non-hydrogen) atoms. The molecule has 0 spiro atoms. The third-order valence-electron chi connectivity index (χ3n) is 1.92. The fourth-order valence-electron chi connectivity index (χ4n) is 1.10. The summed E-state index contributed by atoms with van der Waals surface area (Å²) < 4.78 is 18.1. The predicted molar refractivity (Wildman–Crippen MR) is 57.5 cm³/mol. The molecule has 0 aliphatic rings. The highest BCUT2D eigenvalue weighted by Crippen LogP contribution is 2.21. The van der Waals surface area contributed by atoms with Gasteiger partial charge in [-0.1, -0.05) is 17.7 Å². The van der Waals surface area contributed by atoms with Crippen molar-refractivity contribution in [1.29, 1.82) is 0 Å². The Morgan fingerprint density at radius 1 is 1.47 bits per heavy atom. The average Bonchev–Trinajstić information content (AvgIpc) is 2.18. The van der Waals surface area contributed by atoms with Gasteiger partial charge < -0.3 is 9.84 Å². The van der Waals surface area contributed by atoms with E-state index in [2.05, 4.69) is 0 Å². The van der Waals surface area contributed by atoms with Gasteiger partial charge in [0.1, 0.15) is 11.9 Å². The summed E-state index contributed by atoms with van der Waals surface area (Å²) in [5, 5.41) is 9.69. The molecule has 0 fully saturated rings. The molecule has 0 aliphatic heterocycles. The van der Waals surface area contributed by atoms with Crippen molar-refractivity contribution in [2.45, 2.75) is 26.1 Å². The smallest absolute Gasteiger partial charge is 0.141 e. The second-order valence-corrected chi connectivity index (χ2v) is 3.98. The normalized spacial score (nSPS) is 13.2. The third kappa shape index (κ3) is 3.78. The molecule has 0 radical (unpaired) electrons. The molecule has 0 saturated heterocycles. The molecule has 1 rings (SSSR count). The SMILES string of the molecule is CC(C)OCC(O)c1ccc(F)c(Cl)c1. The minimum Gasteiger partial charge on any atom is -0.386 e. The van der Waals surface area contributed by atoms with Crippen molar-refractivity contribution < 1.29 is 14.2 Å². The van der Waals surface area contributed by atoms with E-state index in [1.54, 1.807) is 0 Å². The Balaban J connectivity index is 2.65. The van der Waals surface area contributed by atoms with Crippen LogP contribution in [0.2, 0.25) is 5.02 Å². The molecule has 2 nitrogen and oxygen atoms in total. The van der Waals surface area contributed by atoms with E-state index >= 15 is 0 Å². The van der Waals surface area contributed by atoms with Gasteiger partial charge >= 0.3 is 0 Å². The van der Waals surface area contributed by atoms with Crippen molar-refractivity contribution in [3.05, 3.63) is 34.6 Å². The Labute approximate surface area is 93.6 Å². The summed E-state index contributed by atoms with van der Waals surface area (Å²) in [5.74, 6) is -0.489. The van der Waals surface area contributed by atoms with Crippen LogP contribution >= 0.6 is 11.6 Å². The van der Waals surface area contributed by atoms with Gasteiger partial charge in [0.15, 0.2) is 0 Å². The largest absolute Gasteiger partial charge is 0.386 e. The molecular formula is C11H14ClFO2. The van der Waals surface area contributed by atoms with E-state index < -0.39 is 11.9 Å². The van der Waals surface area contributed by atoms with Crippen LogP contribution in [0.4, 0.5) is 4.39 Å². The van der Waals surface area contributed by atoms with Crippen molar-refractivity contribution >= 4 is 11.6 Å². The monoisotopic (exact) mass is 232 g/mol. The molecule has 0 heterocycles. The van der Waals surface area contributed by atoms with Crippen molar-refractivity contribution in [3.8, 4) is 0 Å². The Morgan fingerprint density at radius 2 is 2.13 bits per heavy atom. The molecule has 1 atom stereocenters. The Bertz CT molecular complexity index is 328. The van der Waals surface area contributed by atoms with Gasteiger partial charge in [0.2, 0.25) is 0 Å².